The van der Waals surface area contributed by atoms with E-state index >= 15 is 0 Å². The second-order valence-electron chi connectivity index (χ2n) is 4.75. The predicted octanol–water partition coefficient (Wildman–Crippen LogP) is 1.39. The Balaban J connectivity index is 2.16. The van der Waals surface area contributed by atoms with Crippen molar-refractivity contribution in [1.29, 1.82) is 0 Å². The van der Waals surface area contributed by atoms with Gasteiger partial charge in [0, 0.05) is 12.5 Å². The maximum Gasteiger partial charge on any atom is 0.115 e. The number of hydrogen-bond acceptors (Lipinski definition) is 3. The number of aromatic hydroxyl groups is 1. The lowest BCUT2D eigenvalue weighted by atomic mass is 9.85. The fourth-order valence-corrected chi connectivity index (χ4v) is 2.65. The van der Waals surface area contributed by atoms with E-state index in [-0.39, 0.29) is 0 Å². The molecule has 1 heterocycles. The third-order valence-corrected chi connectivity index (χ3v) is 3.55. The van der Waals surface area contributed by atoms with Crippen LogP contribution in [0.2, 0.25) is 0 Å². The van der Waals surface area contributed by atoms with E-state index in [0.717, 1.165) is 13.1 Å². The molecule has 0 aromatic heterocycles. The first-order valence-electron chi connectivity index (χ1n) is 5.88. The van der Waals surface area contributed by atoms with Crippen molar-refractivity contribution in [2.75, 3.05) is 26.7 Å². The molecule has 3 N–H and O–H groups in total. The van der Waals surface area contributed by atoms with E-state index < -0.39 is 0 Å². The second kappa shape index (κ2) is 4.85. The number of phenols is 1. The first-order chi connectivity index (χ1) is 7.70. The molecule has 1 fully saturated rings. The van der Waals surface area contributed by atoms with Crippen LogP contribution in [-0.2, 0) is 0 Å². The van der Waals surface area contributed by atoms with Crippen LogP contribution < -0.4 is 5.73 Å². The zero-order chi connectivity index (χ0) is 11.5. The molecule has 1 aromatic rings. The molecule has 0 saturated carbocycles. The van der Waals surface area contributed by atoms with E-state index in [2.05, 4.69) is 18.0 Å². The van der Waals surface area contributed by atoms with Gasteiger partial charge in [-0.2, -0.15) is 0 Å². The summed E-state index contributed by atoms with van der Waals surface area (Å²) >= 11 is 0. The molecule has 0 spiro atoms. The molecule has 88 valence electrons. The van der Waals surface area contributed by atoms with Crippen molar-refractivity contribution in [2.45, 2.75) is 12.3 Å². The van der Waals surface area contributed by atoms with Crippen LogP contribution in [-0.4, -0.2) is 36.7 Å². The number of phenolic OH excluding ortho intramolecular Hbond substituents is 1. The van der Waals surface area contributed by atoms with Crippen LogP contribution in [0.3, 0.4) is 0 Å². The smallest absolute Gasteiger partial charge is 0.115 e. The average Bonchev–Trinajstić information content (AvgIpc) is 2.66. The number of likely N-dealkylation sites (tertiary alicyclic amines) is 1. The lowest BCUT2D eigenvalue weighted by Crippen LogP contribution is -2.24. The molecule has 0 bridgehead atoms. The molecule has 2 rings (SSSR count). The summed E-state index contributed by atoms with van der Waals surface area (Å²) in [6.07, 6.45) is 1.20. The number of nitrogens with zero attached hydrogens (tertiary/aromatic N) is 1. The molecule has 0 radical (unpaired) electrons. The van der Waals surface area contributed by atoms with Crippen molar-refractivity contribution in [2.24, 2.45) is 11.7 Å². The van der Waals surface area contributed by atoms with E-state index in [1.165, 1.54) is 12.0 Å². The summed E-state index contributed by atoms with van der Waals surface area (Å²) in [4.78, 5) is 2.34. The van der Waals surface area contributed by atoms with Crippen LogP contribution in [0.1, 0.15) is 17.9 Å². The van der Waals surface area contributed by atoms with E-state index in [1.54, 1.807) is 6.07 Å². The molecule has 2 unspecified atom stereocenters. The zero-order valence-electron chi connectivity index (χ0n) is 9.76. The van der Waals surface area contributed by atoms with Crippen LogP contribution in [0, 0.1) is 5.92 Å². The molecular formula is C13H20N2O. The van der Waals surface area contributed by atoms with Crippen LogP contribution in [0.15, 0.2) is 24.3 Å². The Morgan fingerprint density at radius 3 is 2.94 bits per heavy atom. The summed E-state index contributed by atoms with van der Waals surface area (Å²) in [7, 11) is 2.15. The van der Waals surface area contributed by atoms with Crippen molar-refractivity contribution >= 4 is 0 Å². The number of benzene rings is 1. The van der Waals surface area contributed by atoms with Gasteiger partial charge in [0.1, 0.15) is 5.75 Å². The lowest BCUT2D eigenvalue weighted by molar-refractivity contribution is 0.371. The molecule has 0 aliphatic carbocycles. The average molecular weight is 220 g/mol. The maximum absolute atomic E-state index is 9.50. The van der Waals surface area contributed by atoms with E-state index in [0.29, 0.717) is 24.1 Å². The minimum atomic E-state index is 0.335. The van der Waals surface area contributed by atoms with Gasteiger partial charge >= 0.3 is 0 Å². The van der Waals surface area contributed by atoms with Gasteiger partial charge < -0.3 is 15.7 Å². The Labute approximate surface area is 96.9 Å². The predicted molar refractivity (Wildman–Crippen MR) is 65.5 cm³/mol. The van der Waals surface area contributed by atoms with Gasteiger partial charge in [-0.15, -0.1) is 0 Å². The van der Waals surface area contributed by atoms with Crippen LogP contribution in [0.4, 0.5) is 0 Å². The normalized spacial score (nSPS) is 23.5. The van der Waals surface area contributed by atoms with Gasteiger partial charge in [-0.25, -0.2) is 0 Å². The molecule has 3 heteroatoms. The first kappa shape index (κ1) is 11.4. The molecular weight excluding hydrogens is 200 g/mol. The molecule has 0 amide bonds. The molecule has 16 heavy (non-hydrogen) atoms. The minimum Gasteiger partial charge on any atom is -0.508 e. The van der Waals surface area contributed by atoms with Gasteiger partial charge in [-0.3, -0.25) is 0 Å². The van der Waals surface area contributed by atoms with Crippen molar-refractivity contribution in [3.05, 3.63) is 29.8 Å². The minimum absolute atomic E-state index is 0.335. The van der Waals surface area contributed by atoms with Gasteiger partial charge in [-0.05, 0) is 50.2 Å². The quantitative estimate of drug-likeness (QED) is 0.809. The van der Waals surface area contributed by atoms with Crippen molar-refractivity contribution in [3.8, 4) is 5.75 Å². The molecule has 2 atom stereocenters. The fraction of sp³-hybridized carbons (Fsp3) is 0.538. The Kier molecular flexibility index (Phi) is 3.46. The highest BCUT2D eigenvalue weighted by Gasteiger charge is 2.27. The van der Waals surface area contributed by atoms with E-state index in [4.69, 9.17) is 5.73 Å². The summed E-state index contributed by atoms with van der Waals surface area (Å²) in [5, 5.41) is 9.50. The third kappa shape index (κ3) is 2.36. The molecule has 1 aromatic carbocycles. The standard InChI is InChI=1S/C13H20N2O/c1-15-6-5-11(9-15)13(8-14)10-3-2-4-12(16)7-10/h2-4,7,11,13,16H,5-6,8-9,14H2,1H3. The maximum atomic E-state index is 9.50. The fourth-order valence-electron chi connectivity index (χ4n) is 2.65. The molecule has 3 nitrogen and oxygen atoms in total. The topological polar surface area (TPSA) is 49.5 Å². The first-order valence-corrected chi connectivity index (χ1v) is 5.88. The van der Waals surface area contributed by atoms with Gasteiger partial charge in [0.15, 0.2) is 0 Å². The summed E-state index contributed by atoms with van der Waals surface area (Å²) in [6.45, 7) is 2.92. The monoisotopic (exact) mass is 220 g/mol. The third-order valence-electron chi connectivity index (χ3n) is 3.55. The summed E-state index contributed by atoms with van der Waals surface area (Å²) < 4.78 is 0. The SMILES string of the molecule is CN1CCC(C(CN)c2cccc(O)c2)C1. The molecule has 1 saturated heterocycles. The number of nitrogens with two attached hydrogens (primary N) is 1. The Morgan fingerprint density at radius 1 is 1.56 bits per heavy atom. The Hall–Kier alpha value is -1.06. The summed E-state index contributed by atoms with van der Waals surface area (Å²) in [5.41, 5.74) is 7.05. The highest BCUT2D eigenvalue weighted by Crippen LogP contribution is 2.31. The number of hydrogen-bond donors (Lipinski definition) is 2. The van der Waals surface area contributed by atoms with Crippen LogP contribution in [0.25, 0.3) is 0 Å². The van der Waals surface area contributed by atoms with Gasteiger partial charge in [0.2, 0.25) is 0 Å². The van der Waals surface area contributed by atoms with Crippen molar-refractivity contribution in [1.82, 2.24) is 4.90 Å². The van der Waals surface area contributed by atoms with Gasteiger partial charge in [-0.1, -0.05) is 12.1 Å². The van der Waals surface area contributed by atoms with Crippen molar-refractivity contribution < 1.29 is 5.11 Å². The lowest BCUT2D eigenvalue weighted by Gasteiger charge is -2.22. The summed E-state index contributed by atoms with van der Waals surface area (Å²) in [6, 6.07) is 7.51. The van der Waals surface area contributed by atoms with Crippen LogP contribution >= 0.6 is 0 Å². The molecule has 1 aliphatic rings. The largest absolute Gasteiger partial charge is 0.508 e. The van der Waals surface area contributed by atoms with E-state index in [9.17, 15) is 5.11 Å². The van der Waals surface area contributed by atoms with Gasteiger partial charge in [0.25, 0.3) is 0 Å². The Morgan fingerprint density at radius 2 is 2.38 bits per heavy atom. The molecule has 1 aliphatic heterocycles. The highest BCUT2D eigenvalue weighted by molar-refractivity contribution is 5.30. The van der Waals surface area contributed by atoms with Crippen molar-refractivity contribution in [3.63, 3.8) is 0 Å². The van der Waals surface area contributed by atoms with E-state index in [1.807, 2.05) is 12.1 Å². The van der Waals surface area contributed by atoms with Gasteiger partial charge in [0.05, 0.1) is 0 Å². The highest BCUT2D eigenvalue weighted by atomic mass is 16.3. The number of rotatable bonds is 3. The summed E-state index contributed by atoms with van der Waals surface area (Å²) in [5.74, 6) is 1.33. The Bertz CT molecular complexity index is 354. The van der Waals surface area contributed by atoms with Crippen LogP contribution in [0.5, 0.6) is 5.75 Å². The zero-order valence-corrected chi connectivity index (χ0v) is 9.76. The second-order valence-corrected chi connectivity index (χ2v) is 4.75.